The summed E-state index contributed by atoms with van der Waals surface area (Å²) < 4.78 is 0. The Hall–Kier alpha value is -1.90. The molecule has 0 saturated carbocycles. The van der Waals surface area contributed by atoms with E-state index in [1.165, 1.54) is 19.5 Å². The van der Waals surface area contributed by atoms with E-state index in [-0.39, 0.29) is 0 Å². The Kier molecular flexibility index (Phi) is 4.77. The molecule has 0 aliphatic rings. The van der Waals surface area contributed by atoms with E-state index in [1.54, 1.807) is 45.3 Å². The highest BCUT2D eigenvalue weighted by Crippen LogP contribution is 2.31. The molecule has 24 heavy (non-hydrogen) atoms. The van der Waals surface area contributed by atoms with E-state index in [0.29, 0.717) is 0 Å². The maximum Gasteiger partial charge on any atom is 0.0593 e. The van der Waals surface area contributed by atoms with Crippen molar-refractivity contribution in [2.75, 3.05) is 0 Å². The molecular weight excluding hydrogens is 368 g/mol. The van der Waals surface area contributed by atoms with Crippen molar-refractivity contribution < 1.29 is 0 Å². The third-order valence-corrected chi connectivity index (χ3v) is 6.93. The van der Waals surface area contributed by atoms with Crippen LogP contribution in [0.1, 0.15) is 19.5 Å². The molecule has 0 radical (unpaired) electrons. The Morgan fingerprint density at radius 3 is 1.00 bits per heavy atom. The molecule has 4 aromatic heterocycles. The predicted molar refractivity (Wildman–Crippen MR) is 109 cm³/mol. The van der Waals surface area contributed by atoms with Crippen molar-refractivity contribution in [1.82, 2.24) is 0 Å². The second-order valence-electron chi connectivity index (χ2n) is 4.91. The fraction of sp³-hybridized carbons (Fsp3) is 0. The zero-order chi connectivity index (χ0) is 16.2. The minimum Gasteiger partial charge on any atom is -0.143 e. The van der Waals surface area contributed by atoms with E-state index < -0.39 is 0 Å². The van der Waals surface area contributed by atoms with Gasteiger partial charge < -0.3 is 0 Å². The van der Waals surface area contributed by atoms with Crippen molar-refractivity contribution in [3.05, 3.63) is 101 Å². The van der Waals surface area contributed by atoms with Crippen LogP contribution in [-0.2, 0) is 0 Å². The average Bonchev–Trinajstić information content (AvgIpc) is 3.42. The van der Waals surface area contributed by atoms with E-state index in [0.717, 1.165) is 11.1 Å². The van der Waals surface area contributed by atoms with Crippen LogP contribution >= 0.6 is 45.3 Å². The zero-order valence-electron chi connectivity index (χ0n) is 12.6. The van der Waals surface area contributed by atoms with Crippen molar-refractivity contribution >= 4 is 56.5 Å². The summed E-state index contributed by atoms with van der Waals surface area (Å²) in [6.07, 6.45) is 0. The summed E-state index contributed by atoms with van der Waals surface area (Å²) in [4.78, 5) is 4.90. The molecule has 0 bridgehead atoms. The maximum atomic E-state index is 3.46. The molecule has 0 aromatic carbocycles. The zero-order valence-corrected chi connectivity index (χ0v) is 15.8. The Bertz CT molecular complexity index is 829. The second-order valence-corrected chi connectivity index (χ2v) is 8.70. The summed E-state index contributed by atoms with van der Waals surface area (Å²) in [7, 11) is 0. The lowest BCUT2D eigenvalue weighted by molar-refractivity contribution is 1.78. The Morgan fingerprint density at radius 2 is 0.792 bits per heavy atom. The lowest BCUT2D eigenvalue weighted by Gasteiger charge is -1.98. The second kappa shape index (κ2) is 7.33. The van der Waals surface area contributed by atoms with Gasteiger partial charge in [-0.15, -0.1) is 45.3 Å². The SMILES string of the molecule is C(=C=C(c1cccs1)c1cccs1)=C(c1cccs1)c1cccs1. The number of thiophene rings is 4. The predicted octanol–water partition coefficient (Wildman–Crippen LogP) is 7.25. The molecule has 0 amide bonds. The quantitative estimate of drug-likeness (QED) is 0.327. The average molecular weight is 381 g/mol. The van der Waals surface area contributed by atoms with Gasteiger partial charge in [0.15, 0.2) is 0 Å². The van der Waals surface area contributed by atoms with Gasteiger partial charge in [-0.05, 0) is 45.8 Å². The van der Waals surface area contributed by atoms with Crippen molar-refractivity contribution in [1.29, 1.82) is 0 Å². The maximum absolute atomic E-state index is 3.46. The van der Waals surface area contributed by atoms with Gasteiger partial charge in [-0.3, -0.25) is 0 Å². The Morgan fingerprint density at radius 1 is 0.500 bits per heavy atom. The van der Waals surface area contributed by atoms with Gasteiger partial charge in [-0.2, -0.15) is 0 Å². The van der Waals surface area contributed by atoms with Crippen molar-refractivity contribution in [2.24, 2.45) is 0 Å². The largest absolute Gasteiger partial charge is 0.143 e. The van der Waals surface area contributed by atoms with Gasteiger partial charge in [0, 0.05) is 19.5 Å². The first-order valence-electron chi connectivity index (χ1n) is 7.33. The summed E-state index contributed by atoms with van der Waals surface area (Å²) in [6, 6.07) is 16.9. The van der Waals surface area contributed by atoms with E-state index >= 15 is 0 Å². The molecule has 4 heteroatoms. The van der Waals surface area contributed by atoms with E-state index in [9.17, 15) is 0 Å². The molecule has 4 heterocycles. The van der Waals surface area contributed by atoms with Crippen LogP contribution in [0.2, 0.25) is 0 Å². The van der Waals surface area contributed by atoms with Crippen LogP contribution < -0.4 is 0 Å². The summed E-state index contributed by atoms with van der Waals surface area (Å²) in [6.45, 7) is 0. The van der Waals surface area contributed by atoms with E-state index in [2.05, 4.69) is 81.5 Å². The van der Waals surface area contributed by atoms with Crippen LogP contribution in [0, 0.1) is 0 Å². The summed E-state index contributed by atoms with van der Waals surface area (Å²) >= 11 is 6.96. The molecule has 0 saturated heterocycles. The molecule has 0 aliphatic heterocycles. The van der Waals surface area contributed by atoms with Gasteiger partial charge in [0.2, 0.25) is 0 Å². The summed E-state index contributed by atoms with van der Waals surface area (Å²) in [5, 5.41) is 8.42. The van der Waals surface area contributed by atoms with Gasteiger partial charge >= 0.3 is 0 Å². The molecule has 4 aromatic rings. The van der Waals surface area contributed by atoms with Gasteiger partial charge in [0.1, 0.15) is 0 Å². The minimum absolute atomic E-state index is 1.12. The Labute approximate surface area is 157 Å². The monoisotopic (exact) mass is 380 g/mol. The van der Waals surface area contributed by atoms with Gasteiger partial charge in [0.05, 0.1) is 11.1 Å². The van der Waals surface area contributed by atoms with Gasteiger partial charge in [-0.1, -0.05) is 35.7 Å². The van der Waals surface area contributed by atoms with Crippen molar-refractivity contribution in [3.63, 3.8) is 0 Å². The Balaban J connectivity index is 1.97. The molecule has 0 nitrogen and oxygen atoms in total. The van der Waals surface area contributed by atoms with Crippen LogP contribution in [0.15, 0.2) is 81.5 Å². The number of hydrogen-bond acceptors (Lipinski definition) is 4. The topological polar surface area (TPSA) is 0 Å². The fourth-order valence-corrected chi connectivity index (χ4v) is 5.39. The van der Waals surface area contributed by atoms with Crippen molar-refractivity contribution in [2.45, 2.75) is 0 Å². The van der Waals surface area contributed by atoms with Crippen LogP contribution in [0.4, 0.5) is 0 Å². The molecule has 0 atom stereocenters. The molecule has 0 fully saturated rings. The first-order valence-corrected chi connectivity index (χ1v) is 10.8. The first kappa shape index (κ1) is 15.6. The normalized spacial score (nSPS) is 10.2. The summed E-state index contributed by atoms with van der Waals surface area (Å²) in [5.41, 5.74) is 9.16. The molecule has 0 N–H and O–H groups in total. The third kappa shape index (κ3) is 3.31. The fourth-order valence-electron chi connectivity index (χ4n) is 2.30. The highest BCUT2D eigenvalue weighted by molar-refractivity contribution is 7.14. The lowest BCUT2D eigenvalue weighted by Crippen LogP contribution is -1.78. The van der Waals surface area contributed by atoms with Crippen LogP contribution in [0.3, 0.4) is 0 Å². The molecular formula is C20H12S4. The van der Waals surface area contributed by atoms with Gasteiger partial charge in [-0.25, -0.2) is 0 Å². The van der Waals surface area contributed by atoms with Crippen LogP contribution in [0.25, 0.3) is 11.1 Å². The van der Waals surface area contributed by atoms with E-state index in [1.807, 2.05) is 0 Å². The van der Waals surface area contributed by atoms with Crippen molar-refractivity contribution in [3.8, 4) is 0 Å². The minimum atomic E-state index is 1.12. The van der Waals surface area contributed by atoms with E-state index in [4.69, 9.17) is 0 Å². The van der Waals surface area contributed by atoms with Crippen LogP contribution in [0.5, 0.6) is 0 Å². The number of rotatable bonds is 4. The van der Waals surface area contributed by atoms with Gasteiger partial charge in [0.25, 0.3) is 0 Å². The first-order chi connectivity index (χ1) is 11.9. The number of hydrogen-bond donors (Lipinski definition) is 0. The lowest BCUT2D eigenvalue weighted by atomic mass is 10.1. The summed E-state index contributed by atoms with van der Waals surface area (Å²) in [5.74, 6) is 0. The third-order valence-electron chi connectivity index (χ3n) is 3.38. The molecule has 0 spiro atoms. The molecule has 0 aliphatic carbocycles. The smallest absolute Gasteiger partial charge is 0.0593 e. The highest BCUT2D eigenvalue weighted by atomic mass is 32.1. The standard InChI is InChI=1S/C20H12S4/c1-5-17(21-11-1)15(18-6-2-12-22-18)9-10-16(19-7-3-13-23-19)20-8-4-14-24-20/h1-8,11-14H. The van der Waals surface area contributed by atoms with Crippen LogP contribution in [-0.4, -0.2) is 0 Å². The molecule has 0 unspecified atom stereocenters. The molecule has 116 valence electrons. The molecule has 4 rings (SSSR count). The highest BCUT2D eigenvalue weighted by Gasteiger charge is 2.08.